The van der Waals surface area contributed by atoms with Crippen LogP contribution in [0.3, 0.4) is 0 Å². The summed E-state index contributed by atoms with van der Waals surface area (Å²) in [7, 11) is 0.947. The second kappa shape index (κ2) is 13.9. The molecule has 0 bridgehead atoms. The van der Waals surface area contributed by atoms with E-state index >= 15 is 0 Å². The third-order valence-electron chi connectivity index (χ3n) is 7.81. The molecule has 3 heterocycles. The summed E-state index contributed by atoms with van der Waals surface area (Å²) in [5.41, 5.74) is 0.301. The Balaban J connectivity index is 1.51. The van der Waals surface area contributed by atoms with E-state index < -0.39 is 8.32 Å². The zero-order valence-corrected chi connectivity index (χ0v) is 30.0. The second-order valence-corrected chi connectivity index (χ2v) is 18.4. The average Bonchev–Trinajstić information content (AvgIpc) is 3.56. The molecule has 2 aromatic carbocycles. The van der Waals surface area contributed by atoms with Crippen molar-refractivity contribution < 1.29 is 13.9 Å². The van der Waals surface area contributed by atoms with Gasteiger partial charge in [-0.05, 0) is 44.3 Å². The predicted molar refractivity (Wildman–Crippen MR) is 190 cm³/mol. The van der Waals surface area contributed by atoms with Gasteiger partial charge in [0, 0.05) is 30.3 Å². The second-order valence-electron chi connectivity index (χ2n) is 12.1. The van der Waals surface area contributed by atoms with Gasteiger partial charge in [-0.1, -0.05) is 81.4 Å². The molecular formula is C32H40IN5O4SSi. The first-order valence-electron chi connectivity index (χ1n) is 14.6. The highest BCUT2D eigenvalue weighted by atomic mass is 127. The van der Waals surface area contributed by atoms with Crippen molar-refractivity contribution in [2.24, 2.45) is 4.99 Å². The molecular weight excluding hydrogens is 705 g/mol. The largest absolute Gasteiger partial charge is 0.405 e. The lowest BCUT2D eigenvalue weighted by Crippen LogP contribution is -2.67. The minimum atomic E-state index is -2.78. The number of aliphatic imine (C=N–C) groups is 1. The predicted octanol–water partition coefficient (Wildman–Crippen LogP) is 5.12. The lowest BCUT2D eigenvalue weighted by Gasteiger charge is -2.43. The Labute approximate surface area is 277 Å². The van der Waals surface area contributed by atoms with Crippen LogP contribution in [-0.4, -0.2) is 79.2 Å². The normalized spacial score (nSPS) is 19.3. The van der Waals surface area contributed by atoms with Crippen LogP contribution < -0.4 is 15.9 Å². The molecule has 0 aliphatic carbocycles. The summed E-state index contributed by atoms with van der Waals surface area (Å²) >= 11 is 3.81. The highest BCUT2D eigenvalue weighted by molar-refractivity contribution is 14.1. The maximum absolute atomic E-state index is 13.1. The topological polar surface area (TPSA) is 94.0 Å². The summed E-state index contributed by atoms with van der Waals surface area (Å²) in [6, 6.07) is 21.2. The van der Waals surface area contributed by atoms with Gasteiger partial charge < -0.3 is 23.4 Å². The molecule has 4 aromatic rings. The van der Waals surface area contributed by atoms with Crippen molar-refractivity contribution in [2.75, 3.05) is 32.9 Å². The number of benzene rings is 2. The summed E-state index contributed by atoms with van der Waals surface area (Å²) in [6.07, 6.45) is 5.24. The highest BCUT2D eigenvalue weighted by Gasteiger charge is 2.51. The smallest absolute Gasteiger partial charge is 0.262 e. The number of hydrogen-bond donors (Lipinski definition) is 1. The van der Waals surface area contributed by atoms with Crippen LogP contribution in [0.25, 0.3) is 11.0 Å². The van der Waals surface area contributed by atoms with E-state index in [1.54, 1.807) is 23.0 Å². The van der Waals surface area contributed by atoms with E-state index in [9.17, 15) is 4.79 Å². The molecule has 1 saturated heterocycles. The van der Waals surface area contributed by atoms with Gasteiger partial charge in [0.2, 0.25) is 5.95 Å². The quantitative estimate of drug-likeness (QED) is 0.0750. The van der Waals surface area contributed by atoms with Crippen molar-refractivity contribution >= 4 is 76.4 Å². The molecule has 9 nitrogen and oxygen atoms in total. The Hall–Kier alpha value is -2.49. The minimum absolute atomic E-state index is 0.162. The molecule has 1 aliphatic rings. The van der Waals surface area contributed by atoms with Gasteiger partial charge in [-0.2, -0.15) is 4.98 Å². The molecule has 1 unspecified atom stereocenters. The maximum atomic E-state index is 13.1. The lowest BCUT2D eigenvalue weighted by atomic mass is 10.2. The van der Waals surface area contributed by atoms with Crippen molar-refractivity contribution in [1.29, 1.82) is 0 Å². The van der Waals surface area contributed by atoms with E-state index in [4.69, 9.17) is 18.9 Å². The van der Waals surface area contributed by atoms with E-state index in [0.29, 0.717) is 30.0 Å². The zero-order chi connectivity index (χ0) is 31.5. The van der Waals surface area contributed by atoms with Crippen LogP contribution in [0.4, 0.5) is 5.95 Å². The molecule has 0 spiro atoms. The van der Waals surface area contributed by atoms with E-state index in [2.05, 4.69) is 102 Å². The van der Waals surface area contributed by atoms with Gasteiger partial charge >= 0.3 is 0 Å². The molecule has 5 rings (SSSR count). The first kappa shape index (κ1) is 32.9. The van der Waals surface area contributed by atoms with Crippen molar-refractivity contribution in [1.82, 2.24) is 19.4 Å². The summed E-state index contributed by atoms with van der Waals surface area (Å²) in [6.45, 7) is 7.18. The molecule has 1 aliphatic heterocycles. The first-order chi connectivity index (χ1) is 21.0. The highest BCUT2D eigenvalue weighted by Crippen LogP contribution is 2.39. The number of nitrogens with one attached hydrogen (secondary N) is 1. The van der Waals surface area contributed by atoms with Crippen LogP contribution in [0.2, 0.25) is 5.04 Å². The number of hydrogen-bond acceptors (Lipinski definition) is 7. The molecule has 0 amide bonds. The summed E-state index contributed by atoms with van der Waals surface area (Å²) in [4.78, 5) is 26.7. The molecule has 0 radical (unpaired) electrons. The molecule has 44 heavy (non-hydrogen) atoms. The first-order valence-corrected chi connectivity index (χ1v) is 18.9. The molecule has 1 N–H and O–H groups in total. The van der Waals surface area contributed by atoms with Gasteiger partial charge in [0.05, 0.1) is 30.4 Å². The fraction of sp³-hybridized carbons (Fsp3) is 0.406. The van der Waals surface area contributed by atoms with Gasteiger partial charge in [-0.15, -0.1) is 11.8 Å². The van der Waals surface area contributed by atoms with E-state index in [0.717, 1.165) is 3.57 Å². The molecule has 3 atom stereocenters. The number of fused-ring (bicyclic) bond motifs is 1. The molecule has 2 aromatic heterocycles. The molecule has 1 fully saturated rings. The summed E-state index contributed by atoms with van der Waals surface area (Å²) in [5, 5.41) is 2.79. The fourth-order valence-electron chi connectivity index (χ4n) is 5.87. The summed E-state index contributed by atoms with van der Waals surface area (Å²) in [5.74, 6) is 0.786. The third kappa shape index (κ3) is 6.70. The maximum Gasteiger partial charge on any atom is 0.262 e. The van der Waals surface area contributed by atoms with E-state index in [1.807, 2.05) is 43.2 Å². The molecule has 234 valence electrons. The van der Waals surface area contributed by atoms with Crippen LogP contribution in [0.5, 0.6) is 0 Å². The molecule has 0 saturated carbocycles. The Morgan fingerprint density at radius 1 is 1.16 bits per heavy atom. The SMILES string of the molecule is CSCOC1C[C@H](n2cc(I)c3c(=O)[nH]c(N=CN(C)C)nc32)O[C@@H]1CO[Si](c1ccccc1)(c1ccccc1)C(C)(C)C. The number of nitrogens with zero attached hydrogens (tertiary/aromatic N) is 4. The van der Waals surface area contributed by atoms with Crippen LogP contribution in [-0.2, 0) is 13.9 Å². The van der Waals surface area contributed by atoms with Crippen molar-refractivity contribution in [3.8, 4) is 0 Å². The Kier molecular flexibility index (Phi) is 10.4. The van der Waals surface area contributed by atoms with Crippen LogP contribution in [0, 0.1) is 3.57 Å². The number of aromatic nitrogens is 3. The molecule has 12 heteroatoms. The van der Waals surface area contributed by atoms with Crippen molar-refractivity contribution in [2.45, 2.75) is 50.7 Å². The van der Waals surface area contributed by atoms with Crippen molar-refractivity contribution in [3.05, 3.63) is 80.8 Å². The van der Waals surface area contributed by atoms with E-state index in [-0.39, 0.29) is 35.0 Å². The van der Waals surface area contributed by atoms with Gasteiger partial charge in [0.1, 0.15) is 12.3 Å². The number of halogens is 1. The van der Waals surface area contributed by atoms with Crippen LogP contribution >= 0.6 is 34.4 Å². The Bertz CT molecular complexity index is 1600. The van der Waals surface area contributed by atoms with Gasteiger partial charge in [0.25, 0.3) is 13.9 Å². The van der Waals surface area contributed by atoms with Crippen molar-refractivity contribution in [3.63, 3.8) is 0 Å². The fourth-order valence-corrected chi connectivity index (χ4v) is 11.5. The van der Waals surface area contributed by atoms with Gasteiger partial charge in [-0.25, -0.2) is 4.99 Å². The zero-order valence-electron chi connectivity index (χ0n) is 26.0. The lowest BCUT2D eigenvalue weighted by molar-refractivity contribution is -0.0500. The minimum Gasteiger partial charge on any atom is -0.405 e. The number of H-pyrrole nitrogens is 1. The summed E-state index contributed by atoms with van der Waals surface area (Å²) < 4.78 is 23.1. The third-order valence-corrected chi connectivity index (χ3v) is 14.0. The number of ether oxygens (including phenoxy) is 2. The number of aromatic amines is 1. The van der Waals surface area contributed by atoms with E-state index in [1.165, 1.54) is 10.4 Å². The monoisotopic (exact) mass is 745 g/mol. The van der Waals surface area contributed by atoms with Crippen LogP contribution in [0.1, 0.15) is 33.4 Å². The van der Waals surface area contributed by atoms with Crippen LogP contribution in [0.15, 0.2) is 76.6 Å². The number of rotatable bonds is 11. The average molecular weight is 746 g/mol. The Morgan fingerprint density at radius 3 is 2.36 bits per heavy atom. The Morgan fingerprint density at radius 2 is 1.80 bits per heavy atom. The standard InChI is InChI=1S/C32H40IN5O4SSi/c1-32(2,3)44(22-13-9-7-10-14-22,23-15-11-8-12-16-23)41-19-26-25(40-21-43-6)17-27(42-26)38-18-24(33)28-29(38)35-31(36-30(28)39)34-20-37(4)5/h7-16,18,20,25-27H,17,19,21H2,1-6H3,(H,35,36,39)/t25?,26-,27-/m1/s1. The number of thioether (sulfide) groups is 1. The van der Waals surface area contributed by atoms with Gasteiger partial charge in [0.15, 0.2) is 5.65 Å². The van der Waals surface area contributed by atoms with Gasteiger partial charge in [-0.3, -0.25) is 9.78 Å².